The monoisotopic (exact) mass is 263 g/mol. The maximum atomic E-state index is 13.3. The van der Waals surface area contributed by atoms with Gasteiger partial charge in [0, 0.05) is 18.0 Å². The van der Waals surface area contributed by atoms with Crippen LogP contribution in [0.2, 0.25) is 0 Å². The Kier molecular flexibility index (Phi) is 4.68. The van der Waals surface area contributed by atoms with Gasteiger partial charge in [-0.15, -0.1) is 11.8 Å². The van der Waals surface area contributed by atoms with E-state index in [-0.39, 0.29) is 12.8 Å². The van der Waals surface area contributed by atoms with Crippen molar-refractivity contribution in [3.8, 4) is 11.8 Å². The van der Waals surface area contributed by atoms with Crippen molar-refractivity contribution in [3.05, 3.63) is 34.6 Å². The van der Waals surface area contributed by atoms with E-state index < -0.39 is 40.7 Å². The molecule has 1 atom stereocenters. The van der Waals surface area contributed by atoms with Crippen molar-refractivity contribution < 1.29 is 22.0 Å². The van der Waals surface area contributed by atoms with Crippen molar-refractivity contribution >= 4 is 0 Å². The van der Waals surface area contributed by atoms with Gasteiger partial charge in [0.05, 0.1) is 0 Å². The molecule has 0 bridgehead atoms. The van der Waals surface area contributed by atoms with Gasteiger partial charge < -0.3 is 5.73 Å². The number of halogens is 5. The zero-order valence-electron chi connectivity index (χ0n) is 9.46. The highest BCUT2D eigenvalue weighted by Gasteiger charge is 2.28. The van der Waals surface area contributed by atoms with Gasteiger partial charge in [0.2, 0.25) is 5.82 Å². The minimum Gasteiger partial charge on any atom is -0.324 e. The lowest BCUT2D eigenvalue weighted by Crippen LogP contribution is -2.17. The highest BCUT2D eigenvalue weighted by molar-refractivity contribution is 5.27. The minimum absolute atomic E-state index is 0.000801. The summed E-state index contributed by atoms with van der Waals surface area (Å²) in [6.07, 6.45) is 0.205. The van der Waals surface area contributed by atoms with Crippen molar-refractivity contribution in [2.45, 2.75) is 25.8 Å². The van der Waals surface area contributed by atoms with Crippen LogP contribution in [0.1, 0.15) is 31.4 Å². The second kappa shape index (κ2) is 5.83. The number of rotatable bonds is 3. The van der Waals surface area contributed by atoms with Crippen LogP contribution in [0, 0.1) is 40.9 Å². The van der Waals surface area contributed by atoms with Gasteiger partial charge in [-0.25, -0.2) is 22.0 Å². The first-order valence-corrected chi connectivity index (χ1v) is 5.08. The van der Waals surface area contributed by atoms with E-state index in [9.17, 15) is 22.0 Å². The molecule has 0 aliphatic heterocycles. The van der Waals surface area contributed by atoms with Crippen LogP contribution in [0.25, 0.3) is 0 Å². The van der Waals surface area contributed by atoms with Crippen LogP contribution in [0.3, 0.4) is 0 Å². The van der Waals surface area contributed by atoms with E-state index in [0.717, 1.165) is 0 Å². The van der Waals surface area contributed by atoms with Gasteiger partial charge in [-0.2, -0.15) is 0 Å². The fourth-order valence-corrected chi connectivity index (χ4v) is 1.44. The van der Waals surface area contributed by atoms with Crippen LogP contribution in [-0.4, -0.2) is 0 Å². The summed E-state index contributed by atoms with van der Waals surface area (Å²) in [5.41, 5.74) is 4.43. The molecule has 1 aromatic carbocycles. The van der Waals surface area contributed by atoms with E-state index in [1.54, 1.807) is 6.92 Å². The fraction of sp³-hybridized carbons (Fsp3) is 0.333. The highest BCUT2D eigenvalue weighted by Crippen LogP contribution is 2.28. The molecule has 1 aromatic rings. The van der Waals surface area contributed by atoms with E-state index in [2.05, 4.69) is 11.8 Å². The molecule has 0 aromatic heterocycles. The summed E-state index contributed by atoms with van der Waals surface area (Å²) >= 11 is 0. The normalized spacial score (nSPS) is 11.9. The summed E-state index contributed by atoms with van der Waals surface area (Å²) in [5.74, 6) is -4.80. The zero-order chi connectivity index (χ0) is 13.9. The molecular weight excluding hydrogens is 253 g/mol. The van der Waals surface area contributed by atoms with Crippen molar-refractivity contribution in [1.82, 2.24) is 0 Å². The first-order valence-electron chi connectivity index (χ1n) is 5.08. The molecule has 2 N–H and O–H groups in total. The average Bonchev–Trinajstić information content (AvgIpc) is 2.34. The lowest BCUT2D eigenvalue weighted by molar-refractivity contribution is 0.362. The Labute approximate surface area is 101 Å². The summed E-state index contributed by atoms with van der Waals surface area (Å²) in [6.45, 7) is 1.56. The molecule has 6 heteroatoms. The fourth-order valence-electron chi connectivity index (χ4n) is 1.44. The van der Waals surface area contributed by atoms with Crippen LogP contribution in [0.5, 0.6) is 0 Å². The number of nitrogens with two attached hydrogens (primary N) is 1. The molecule has 0 fully saturated rings. The Morgan fingerprint density at radius 3 is 1.83 bits per heavy atom. The molecule has 0 radical (unpaired) electrons. The molecule has 1 nitrogen and oxygen atoms in total. The zero-order valence-corrected chi connectivity index (χ0v) is 9.46. The first kappa shape index (κ1) is 14.5. The Bertz CT molecular complexity index is 486. The van der Waals surface area contributed by atoms with Gasteiger partial charge in [0.15, 0.2) is 23.3 Å². The summed E-state index contributed by atoms with van der Waals surface area (Å²) < 4.78 is 65.2. The Balaban J connectivity index is 3.18. The lowest BCUT2D eigenvalue weighted by atomic mass is 10.0. The van der Waals surface area contributed by atoms with E-state index in [1.807, 2.05) is 0 Å². The van der Waals surface area contributed by atoms with E-state index in [0.29, 0.717) is 0 Å². The summed E-state index contributed by atoms with van der Waals surface area (Å²) in [5, 5.41) is 0. The van der Waals surface area contributed by atoms with Gasteiger partial charge in [-0.1, -0.05) is 0 Å². The smallest absolute Gasteiger partial charge is 0.200 e. The Hall–Kier alpha value is -1.61. The molecule has 0 saturated heterocycles. The second-order valence-corrected chi connectivity index (χ2v) is 3.56. The molecule has 1 unspecified atom stereocenters. The highest BCUT2D eigenvalue weighted by atomic mass is 19.2. The largest absolute Gasteiger partial charge is 0.324 e. The van der Waals surface area contributed by atoms with E-state index in [4.69, 9.17) is 5.73 Å². The van der Waals surface area contributed by atoms with Crippen LogP contribution >= 0.6 is 0 Å². The minimum atomic E-state index is -2.19. The number of hydrogen-bond acceptors (Lipinski definition) is 1. The summed E-state index contributed by atoms with van der Waals surface area (Å²) in [7, 11) is 0. The molecule has 0 saturated carbocycles. The third kappa shape index (κ3) is 2.62. The van der Waals surface area contributed by atoms with Crippen molar-refractivity contribution in [2.75, 3.05) is 0 Å². The predicted octanol–water partition coefficient (Wildman–Crippen LogP) is 3.19. The van der Waals surface area contributed by atoms with Gasteiger partial charge in [0.25, 0.3) is 0 Å². The molecule has 0 heterocycles. The van der Waals surface area contributed by atoms with Crippen molar-refractivity contribution in [1.29, 1.82) is 0 Å². The maximum absolute atomic E-state index is 13.3. The van der Waals surface area contributed by atoms with Gasteiger partial charge in [-0.05, 0) is 13.3 Å². The third-order valence-electron chi connectivity index (χ3n) is 2.37. The van der Waals surface area contributed by atoms with E-state index in [1.165, 1.54) is 0 Å². The Morgan fingerprint density at radius 2 is 1.39 bits per heavy atom. The van der Waals surface area contributed by atoms with Gasteiger partial charge >= 0.3 is 0 Å². The maximum Gasteiger partial charge on any atom is 0.200 e. The topological polar surface area (TPSA) is 26.0 Å². The average molecular weight is 263 g/mol. The quantitative estimate of drug-likeness (QED) is 0.385. The van der Waals surface area contributed by atoms with Crippen molar-refractivity contribution in [3.63, 3.8) is 0 Å². The second-order valence-electron chi connectivity index (χ2n) is 3.56. The molecule has 1 rings (SSSR count). The third-order valence-corrected chi connectivity index (χ3v) is 2.37. The predicted molar refractivity (Wildman–Crippen MR) is 55.8 cm³/mol. The molecule has 0 amide bonds. The Morgan fingerprint density at radius 1 is 0.944 bits per heavy atom. The van der Waals surface area contributed by atoms with Crippen LogP contribution in [-0.2, 0) is 0 Å². The molecule has 0 spiro atoms. The molecule has 18 heavy (non-hydrogen) atoms. The molecular formula is C12H10F5N. The van der Waals surface area contributed by atoms with E-state index >= 15 is 0 Å². The van der Waals surface area contributed by atoms with Gasteiger partial charge in [0.1, 0.15) is 0 Å². The standard InChI is InChI=1S/C12H10F5N/c1-2-3-4-5-6(18)7-8(13)10(15)12(17)11(16)9(7)14/h6H,4-5,18H2,1H3. The number of benzene rings is 1. The summed E-state index contributed by atoms with van der Waals surface area (Å²) in [4.78, 5) is 0. The SMILES string of the molecule is CC#CCCC(N)c1c(F)c(F)c(F)c(F)c1F. The molecule has 0 aliphatic carbocycles. The van der Waals surface area contributed by atoms with Crippen LogP contribution in [0.15, 0.2) is 0 Å². The van der Waals surface area contributed by atoms with Crippen LogP contribution < -0.4 is 5.73 Å². The van der Waals surface area contributed by atoms with Crippen molar-refractivity contribution in [2.24, 2.45) is 5.73 Å². The summed E-state index contributed by atoms with van der Waals surface area (Å²) in [6, 6.07) is -1.30. The molecule has 0 aliphatic rings. The molecule has 98 valence electrons. The first-order chi connectivity index (χ1) is 8.41. The lowest BCUT2D eigenvalue weighted by Gasteiger charge is -2.14. The van der Waals surface area contributed by atoms with Crippen LogP contribution in [0.4, 0.5) is 22.0 Å². The van der Waals surface area contributed by atoms with Gasteiger partial charge in [-0.3, -0.25) is 0 Å². The number of hydrogen-bond donors (Lipinski definition) is 1.